The van der Waals surface area contributed by atoms with Gasteiger partial charge in [0, 0.05) is 17.2 Å². The number of rotatable bonds is 3. The van der Waals surface area contributed by atoms with Crippen LogP contribution in [0.1, 0.15) is 25.7 Å². The van der Waals surface area contributed by atoms with Gasteiger partial charge in [0.1, 0.15) is 12.4 Å². The molecule has 2 aliphatic carbocycles. The Morgan fingerprint density at radius 3 is 2.68 bits per heavy atom. The summed E-state index contributed by atoms with van der Waals surface area (Å²) in [5.74, 6) is 0.439. The van der Waals surface area contributed by atoms with Crippen molar-refractivity contribution in [2.45, 2.75) is 36.6 Å². The number of hydrogen-bond acceptors (Lipinski definition) is 3. The van der Waals surface area contributed by atoms with Crippen LogP contribution < -0.4 is 9.62 Å². The molecule has 1 heterocycles. The molecule has 0 unspecified atom stereocenters. The highest BCUT2D eigenvalue weighted by Crippen LogP contribution is 2.45. The number of benzene rings is 2. The van der Waals surface area contributed by atoms with E-state index < -0.39 is 15.8 Å². The van der Waals surface area contributed by atoms with E-state index in [1.54, 1.807) is 18.2 Å². The number of halogens is 1. The summed E-state index contributed by atoms with van der Waals surface area (Å²) >= 11 is 0. The Labute approximate surface area is 163 Å². The molecule has 3 aliphatic rings. The van der Waals surface area contributed by atoms with Crippen LogP contribution in [-0.4, -0.2) is 26.9 Å². The topological polar surface area (TPSA) is 66.5 Å². The molecule has 1 amide bonds. The summed E-state index contributed by atoms with van der Waals surface area (Å²) in [5.41, 5.74) is 1.28. The maximum absolute atomic E-state index is 13.9. The SMILES string of the molecule is O=C(CN1c2ccc(F)cc2-c2ccccc2S1(=O)=O)N[C@@H]1C[C@H]2CC[C@H]1C2. The fraction of sp³-hybridized carbons (Fsp3) is 0.381. The highest BCUT2D eigenvalue weighted by Gasteiger charge is 2.41. The zero-order chi connectivity index (χ0) is 19.5. The van der Waals surface area contributed by atoms with Crippen LogP contribution in [0.2, 0.25) is 0 Å². The van der Waals surface area contributed by atoms with Crippen molar-refractivity contribution in [1.29, 1.82) is 0 Å². The van der Waals surface area contributed by atoms with Gasteiger partial charge < -0.3 is 5.32 Å². The zero-order valence-corrected chi connectivity index (χ0v) is 16.1. The number of nitrogens with zero attached hydrogens (tertiary/aromatic N) is 1. The van der Waals surface area contributed by atoms with Crippen molar-refractivity contribution in [2.24, 2.45) is 11.8 Å². The van der Waals surface area contributed by atoms with Crippen LogP contribution in [-0.2, 0) is 14.8 Å². The van der Waals surface area contributed by atoms with E-state index in [0.717, 1.165) is 23.6 Å². The normalized spacial score (nSPS) is 26.6. The minimum absolute atomic E-state index is 0.0980. The molecule has 5 nitrogen and oxygen atoms in total. The third kappa shape index (κ3) is 2.71. The first-order valence-electron chi connectivity index (χ1n) is 9.64. The van der Waals surface area contributed by atoms with Gasteiger partial charge in [-0.1, -0.05) is 24.6 Å². The van der Waals surface area contributed by atoms with Gasteiger partial charge in [-0.3, -0.25) is 9.10 Å². The number of carbonyl (C=O) groups excluding carboxylic acids is 1. The lowest BCUT2D eigenvalue weighted by molar-refractivity contribution is -0.120. The van der Waals surface area contributed by atoms with Crippen molar-refractivity contribution in [3.05, 3.63) is 48.3 Å². The van der Waals surface area contributed by atoms with Crippen molar-refractivity contribution in [2.75, 3.05) is 10.8 Å². The van der Waals surface area contributed by atoms with Crippen molar-refractivity contribution >= 4 is 21.6 Å². The molecule has 2 aromatic rings. The summed E-state index contributed by atoms with van der Waals surface area (Å²) < 4.78 is 41.4. The molecule has 3 atom stereocenters. The van der Waals surface area contributed by atoms with E-state index >= 15 is 0 Å². The highest BCUT2D eigenvalue weighted by molar-refractivity contribution is 7.93. The average Bonchev–Trinajstić information content (AvgIpc) is 3.28. The lowest BCUT2D eigenvalue weighted by atomic mass is 9.95. The van der Waals surface area contributed by atoms with Crippen LogP contribution in [0.25, 0.3) is 11.1 Å². The molecule has 0 aromatic heterocycles. The Balaban J connectivity index is 1.48. The van der Waals surface area contributed by atoms with Crippen LogP contribution in [0.3, 0.4) is 0 Å². The second-order valence-electron chi connectivity index (χ2n) is 8.02. The van der Waals surface area contributed by atoms with Gasteiger partial charge in [-0.2, -0.15) is 0 Å². The van der Waals surface area contributed by atoms with E-state index in [9.17, 15) is 17.6 Å². The maximum Gasteiger partial charge on any atom is 0.265 e. The predicted octanol–water partition coefficient (Wildman–Crippen LogP) is 3.31. The van der Waals surface area contributed by atoms with E-state index in [1.165, 1.54) is 30.7 Å². The second kappa shape index (κ2) is 6.30. The molecule has 2 bridgehead atoms. The van der Waals surface area contributed by atoms with Gasteiger partial charge >= 0.3 is 0 Å². The highest BCUT2D eigenvalue weighted by atomic mass is 32.2. The van der Waals surface area contributed by atoms with Crippen LogP contribution >= 0.6 is 0 Å². The first-order chi connectivity index (χ1) is 13.4. The fourth-order valence-corrected chi connectivity index (χ4v) is 6.73. The lowest BCUT2D eigenvalue weighted by Gasteiger charge is -2.32. The number of amides is 1. The van der Waals surface area contributed by atoms with Gasteiger partial charge in [0.2, 0.25) is 5.91 Å². The van der Waals surface area contributed by atoms with Crippen molar-refractivity contribution in [3.63, 3.8) is 0 Å². The van der Waals surface area contributed by atoms with Crippen LogP contribution in [0.15, 0.2) is 47.4 Å². The molecule has 28 heavy (non-hydrogen) atoms. The van der Waals surface area contributed by atoms with Crippen molar-refractivity contribution < 1.29 is 17.6 Å². The van der Waals surface area contributed by atoms with Crippen LogP contribution in [0, 0.1) is 17.7 Å². The third-order valence-corrected chi connectivity index (χ3v) is 8.16. The van der Waals surface area contributed by atoms with Crippen molar-refractivity contribution in [1.82, 2.24) is 5.32 Å². The zero-order valence-electron chi connectivity index (χ0n) is 15.3. The van der Waals surface area contributed by atoms with Gasteiger partial charge in [-0.25, -0.2) is 12.8 Å². The molecule has 0 radical (unpaired) electrons. The first kappa shape index (κ1) is 17.7. The minimum Gasteiger partial charge on any atom is -0.352 e. The van der Waals surface area contributed by atoms with Crippen LogP contribution in [0.5, 0.6) is 0 Å². The second-order valence-corrected chi connectivity index (χ2v) is 9.85. The number of sulfonamides is 1. The predicted molar refractivity (Wildman–Crippen MR) is 104 cm³/mol. The standard InChI is InChI=1S/C21H21FN2O3S/c22-15-7-8-19-17(11-15)16-3-1-2-4-20(16)28(26,27)24(19)12-21(25)23-18-10-13-5-6-14(18)9-13/h1-4,7-8,11,13-14,18H,5-6,9-10,12H2,(H,23,25)/t13-,14-,18+/m0/s1. The minimum atomic E-state index is -3.90. The monoisotopic (exact) mass is 400 g/mol. The van der Waals surface area contributed by atoms with Gasteiger partial charge in [0.05, 0.1) is 10.6 Å². The quantitative estimate of drug-likeness (QED) is 0.860. The molecule has 0 saturated heterocycles. The van der Waals surface area contributed by atoms with Gasteiger partial charge in [0.25, 0.3) is 10.0 Å². The van der Waals surface area contributed by atoms with E-state index in [0.29, 0.717) is 28.7 Å². The molecule has 2 saturated carbocycles. The fourth-order valence-electron chi connectivity index (χ4n) is 5.08. The Bertz CT molecular complexity index is 1070. The summed E-state index contributed by atoms with van der Waals surface area (Å²) in [5, 5.41) is 3.04. The Morgan fingerprint density at radius 2 is 1.93 bits per heavy atom. The number of carbonyl (C=O) groups is 1. The molecule has 1 N–H and O–H groups in total. The number of nitrogens with one attached hydrogen (secondary N) is 1. The number of fused-ring (bicyclic) bond motifs is 5. The van der Waals surface area contributed by atoms with E-state index in [2.05, 4.69) is 5.32 Å². The largest absolute Gasteiger partial charge is 0.352 e. The van der Waals surface area contributed by atoms with E-state index in [4.69, 9.17) is 0 Å². The summed E-state index contributed by atoms with van der Waals surface area (Å²) in [7, 11) is -3.90. The van der Waals surface area contributed by atoms with Crippen LogP contribution in [0.4, 0.5) is 10.1 Å². The number of hydrogen-bond donors (Lipinski definition) is 1. The molecule has 1 aliphatic heterocycles. The smallest absolute Gasteiger partial charge is 0.265 e. The Hall–Kier alpha value is -2.41. The molecule has 5 rings (SSSR count). The average molecular weight is 400 g/mol. The first-order valence-corrected chi connectivity index (χ1v) is 11.1. The van der Waals surface area contributed by atoms with Gasteiger partial charge in [-0.15, -0.1) is 0 Å². The van der Waals surface area contributed by atoms with Crippen molar-refractivity contribution in [3.8, 4) is 11.1 Å². The molecule has 7 heteroatoms. The Kier molecular flexibility index (Phi) is 3.98. The third-order valence-electron chi connectivity index (χ3n) is 6.34. The molecule has 2 fully saturated rings. The summed E-state index contributed by atoms with van der Waals surface area (Å²) in [6, 6.07) is 10.6. The summed E-state index contributed by atoms with van der Waals surface area (Å²) in [6.07, 6.45) is 4.50. The van der Waals surface area contributed by atoms with Gasteiger partial charge in [0.15, 0.2) is 0 Å². The molecular formula is C21H21FN2O3S. The van der Waals surface area contributed by atoms with E-state index in [1.807, 2.05) is 0 Å². The number of anilines is 1. The molecule has 0 spiro atoms. The lowest BCUT2D eigenvalue weighted by Crippen LogP contribution is -2.46. The maximum atomic E-state index is 13.9. The van der Waals surface area contributed by atoms with E-state index in [-0.39, 0.29) is 23.4 Å². The molecular weight excluding hydrogens is 379 g/mol. The summed E-state index contributed by atoms with van der Waals surface area (Å²) in [4.78, 5) is 12.8. The van der Waals surface area contributed by atoms with Gasteiger partial charge in [-0.05, 0) is 55.4 Å². The Morgan fingerprint density at radius 1 is 1.11 bits per heavy atom. The molecule has 146 valence electrons. The molecule has 2 aromatic carbocycles. The summed E-state index contributed by atoms with van der Waals surface area (Å²) in [6.45, 7) is -0.302.